The van der Waals surface area contributed by atoms with Crippen LogP contribution in [0.4, 0.5) is 26.3 Å². The molecule has 3 N–H and O–H groups in total. The molecule has 12 unspecified atom stereocenters. The van der Waals surface area contributed by atoms with Crippen molar-refractivity contribution in [3.63, 3.8) is 0 Å². The van der Waals surface area contributed by atoms with Gasteiger partial charge in [-0.05, 0) is 212 Å². The second-order valence-electron chi connectivity index (χ2n) is 18.5. The Hall–Kier alpha value is -7.49. The van der Waals surface area contributed by atoms with Crippen LogP contribution in [0.3, 0.4) is 0 Å². The number of carboxylic acids is 2. The van der Waals surface area contributed by atoms with E-state index in [0.717, 1.165) is 32.5 Å². The molecule has 0 fully saturated rings. The van der Waals surface area contributed by atoms with E-state index in [1.54, 1.807) is 13.8 Å². The van der Waals surface area contributed by atoms with Crippen LogP contribution in [0, 0.1) is 391 Å². The SMILES string of the molecule is CC#CC#CC#CC#CC#CC#CC#CC#CC#CC#CC#CC#CC#CC#CC#CC#CC#CC#CC#CC#CC#CC#CC#CC#CC#CC#CC#CC#CC#CC#CC#CC#CC#CC.COC(=O)c1ccc(O)cn1.COC(=O)c1ccc(OC(F)F)cn1.O=C(O)c1ccc(OC(F)F)cn1.O=C([O-])C(F)(F)Cl.O=CO[O-].PPP(P)P(P(P(P)P)P(P)P)P(P(P)P)P(P)P.[H-].[K+].[K+].[Li+].[Na+].[OH-]. The number of aromatic carboxylic acids is 1. The van der Waals surface area contributed by atoms with Gasteiger partial charge in [-0.1, -0.05) is 19.8 Å². The Morgan fingerprint density at radius 1 is 0.404 bits per heavy atom. The summed E-state index contributed by atoms with van der Waals surface area (Å²) in [5.41, 5.74) is 0.000956. The van der Waals surface area contributed by atoms with E-state index in [1.807, 2.05) is 0 Å². The Balaban J connectivity index is -0.000000233. The van der Waals surface area contributed by atoms with E-state index in [2.05, 4.69) is 530 Å². The molecule has 0 saturated heterocycles. The molecule has 141 heavy (non-hydrogen) atoms. The van der Waals surface area contributed by atoms with E-state index >= 15 is 0 Å². The minimum Gasteiger partial charge on any atom is -1.00 e. The molecule has 3 aromatic heterocycles. The first kappa shape index (κ1) is 151. The Morgan fingerprint density at radius 2 is 0.582 bits per heavy atom. The number of pyridine rings is 3. The number of carboxylic acid groups (broad SMARTS) is 2. The van der Waals surface area contributed by atoms with Crippen molar-refractivity contribution in [2.24, 2.45) is 0 Å². The molecular formula is C93H49ClF6K2LiN3NaO15P19. The summed E-state index contributed by atoms with van der Waals surface area (Å²) in [5.74, 6) is 160. The zero-order chi connectivity index (χ0) is 102. The van der Waals surface area contributed by atoms with Gasteiger partial charge in [0, 0.05) is 284 Å². The molecule has 0 aliphatic carbocycles. The summed E-state index contributed by atoms with van der Waals surface area (Å²) in [5, 5.41) is 30.4. The second kappa shape index (κ2) is 111. The van der Waals surface area contributed by atoms with Gasteiger partial charge in [0.2, 0.25) is 0 Å². The van der Waals surface area contributed by atoms with Gasteiger partial charge in [-0.2, -0.15) is 26.3 Å². The first-order valence-corrected chi connectivity index (χ1v) is 67.4. The molecule has 0 radical (unpaired) electrons. The number of hydrogen-bond donors (Lipinski definition) is 2. The molecule has 674 valence electrons. The normalized spacial score (nSPS) is 7.37. The van der Waals surface area contributed by atoms with Gasteiger partial charge in [-0.15, -0.1) is 89.3 Å². The summed E-state index contributed by atoms with van der Waals surface area (Å²) in [6.07, 6.45) is 3.14. The van der Waals surface area contributed by atoms with Crippen molar-refractivity contribution in [3.8, 4) is 408 Å². The maximum absolute atomic E-state index is 11.7. The van der Waals surface area contributed by atoms with Gasteiger partial charge in [0.25, 0.3) is 6.47 Å². The maximum atomic E-state index is 11.7. The van der Waals surface area contributed by atoms with Crippen LogP contribution in [0.25, 0.3) is 0 Å². The van der Waals surface area contributed by atoms with Crippen LogP contribution in [-0.4, -0.2) is 93.8 Å². The van der Waals surface area contributed by atoms with Crippen LogP contribution in [0.5, 0.6) is 17.2 Å². The largest absolute Gasteiger partial charge is 1.00 e. The molecule has 0 spiro atoms. The smallest absolute Gasteiger partial charge is 1.00 e. The number of nitrogens with zero attached hydrogens (tertiary/aromatic N) is 3. The summed E-state index contributed by atoms with van der Waals surface area (Å²) in [4.78, 5) is 62.8. The molecule has 3 aromatic rings. The van der Waals surface area contributed by atoms with Crippen molar-refractivity contribution in [2.45, 2.75) is 32.5 Å². The van der Waals surface area contributed by atoms with E-state index in [-0.39, 0.29) is 255 Å². The van der Waals surface area contributed by atoms with E-state index in [9.17, 15) is 40.7 Å². The van der Waals surface area contributed by atoms with E-state index in [1.165, 1.54) is 44.7 Å². The predicted molar refractivity (Wildman–Crippen MR) is 572 cm³/mol. The molecule has 12 atom stereocenters. The van der Waals surface area contributed by atoms with Gasteiger partial charge in [0.05, 0.1) is 32.8 Å². The quantitative estimate of drug-likeness (QED) is 0.0221. The van der Waals surface area contributed by atoms with Gasteiger partial charge in [-0.25, -0.2) is 29.3 Å². The Morgan fingerprint density at radius 3 is 0.702 bits per heavy atom. The van der Waals surface area contributed by atoms with Crippen molar-refractivity contribution in [1.29, 1.82) is 0 Å². The number of carbonyl (C=O) groups is 5. The molecule has 3 rings (SSSR count). The van der Waals surface area contributed by atoms with E-state index in [0.29, 0.717) is 0 Å². The second-order valence-corrected chi connectivity index (χ2v) is 91.7. The molecule has 18 nitrogen and oxygen atoms in total. The van der Waals surface area contributed by atoms with Gasteiger partial charge in [0.1, 0.15) is 40.3 Å². The molecule has 0 amide bonds. The van der Waals surface area contributed by atoms with Crippen molar-refractivity contribution in [2.75, 3.05) is 14.2 Å². The number of halogens is 7. The van der Waals surface area contributed by atoms with Crippen LogP contribution in [0.2, 0.25) is 0 Å². The van der Waals surface area contributed by atoms with Gasteiger partial charge < -0.3 is 56.1 Å². The number of aromatic nitrogens is 3. The minimum absolute atomic E-state index is 0. The van der Waals surface area contributed by atoms with E-state index < -0.39 is 42.5 Å². The number of methoxy groups -OCH3 is 2. The number of aromatic hydroxyl groups is 1. The van der Waals surface area contributed by atoms with Crippen molar-refractivity contribution < 1.29 is 253 Å². The summed E-state index contributed by atoms with van der Waals surface area (Å²) >= 11 is 3.87. The first-order valence-electron chi connectivity index (χ1n) is 33.2. The standard InChI is InChI=1S/C68H6.C8H7F2NO3.C7H5F2NO3.C7H7NO3.C2HClF2O2.CH2O3.2K.Li.Na.H2O.H21P19.H/c1-3-5-7-9-11-13-15-17-19-21-23-25-27-29-31-33-35-37-39-41-43-45-47-49-51-53-55-57-59-61-63-65-67-68-66-64-62-60-58-56-54-52-50-48-46-44-42-40-38-36-34-32-30-28-26-24-22-20-18-16-14-12-10-8-6-4-2;1-13-7(12)6-3-2-5(4-11-6)14-8(9)10;8-7(9)13-4-1-2-5(6(11)12)10-3-4;1-11-7(10)6-3-2-5(9)4-8-6;3-2(4,5)1(6)7;2-1-4-3;;;;;;1-11-16(10)19(17(12(2)3)13(4)5)18(14(6)7)15(8)9;/h1-2H3;2-4,8H,1H3;1-3,7H,(H,11,12);2-4,9H,1H3;(H,6,7);1,3H;;;;;1H2;11H,1-10H2;/q;;;;;;4*+1;;;-1/p-3. The first-order chi connectivity index (χ1) is 65.4. The third kappa shape index (κ3) is 102. The number of hydrogen-bond acceptors (Lipinski definition) is 17. The fourth-order valence-corrected chi connectivity index (χ4v) is 224. The number of rotatable bonds is 17. The van der Waals surface area contributed by atoms with E-state index in [4.69, 9.17) is 30.2 Å². The summed E-state index contributed by atoms with van der Waals surface area (Å²) in [6, 6.07) is 7.41. The van der Waals surface area contributed by atoms with Gasteiger partial charge in [0.15, 0.2) is 0 Å². The zero-order valence-electron chi connectivity index (χ0n) is 74.5. The number of ether oxygens (including phenoxy) is 4. The van der Waals surface area contributed by atoms with Crippen LogP contribution in [0.15, 0.2) is 55.0 Å². The number of carbonyl (C=O) groups excluding carboxylic acids is 4. The van der Waals surface area contributed by atoms with Crippen molar-refractivity contribution >= 4 is 195 Å². The molecule has 0 aliphatic rings. The van der Waals surface area contributed by atoms with Crippen LogP contribution in [0.1, 0.15) is 46.7 Å². The van der Waals surface area contributed by atoms with Crippen molar-refractivity contribution in [3.05, 3.63) is 72.1 Å². The third-order valence-corrected chi connectivity index (χ3v) is 127. The topological polar surface area (TPSA) is 287 Å². The maximum Gasteiger partial charge on any atom is 1.00 e. The van der Waals surface area contributed by atoms with Crippen LogP contribution >= 0.6 is 165 Å². The average Bonchev–Trinajstić information content (AvgIpc) is 0.809. The van der Waals surface area contributed by atoms with Crippen LogP contribution < -0.4 is 171 Å². The number of alkyl halides is 7. The fraction of sp³-hybridized carbons (Fsp3) is 0.0753. The molecule has 0 bridgehead atoms. The third-order valence-electron chi connectivity index (χ3n) is 9.61. The summed E-state index contributed by atoms with van der Waals surface area (Å²) in [7, 11) is 34.9. The molecule has 3 heterocycles. The summed E-state index contributed by atoms with van der Waals surface area (Å²) < 4.78 is 85.3. The van der Waals surface area contributed by atoms with Gasteiger partial charge in [-0.3, -0.25) is 4.79 Å². The minimum atomic E-state index is -4.22. The molecule has 48 heteroatoms. The monoisotopic (exact) mass is 2290 g/mol. The fourth-order valence-electron chi connectivity index (χ4n) is 5.04. The van der Waals surface area contributed by atoms with Crippen LogP contribution in [-0.2, 0) is 24.0 Å². The Bertz CT molecular complexity index is 6850. The van der Waals surface area contributed by atoms with Gasteiger partial charge >= 0.3 is 188 Å². The average molecular weight is 2290 g/mol. The number of aliphatic carboxylic acids is 1. The number of esters is 2. The summed E-state index contributed by atoms with van der Waals surface area (Å²) in [6.45, 7) is -1.79. The predicted octanol–water partition coefficient (Wildman–Crippen LogP) is 1.26. The molecule has 0 saturated carbocycles. The van der Waals surface area contributed by atoms with Crippen molar-refractivity contribution in [1.82, 2.24) is 15.0 Å². The Labute approximate surface area is 976 Å². The zero-order valence-corrected chi connectivity index (χ0v) is 102. The molecular weight excluding hydrogens is 2250 g/mol. The molecule has 0 aliphatic heterocycles. The molecule has 0 aromatic carbocycles. The Kier molecular flexibility index (Phi) is 119.